The summed E-state index contributed by atoms with van der Waals surface area (Å²) < 4.78 is 5.13. The van der Waals surface area contributed by atoms with Crippen LogP contribution in [0, 0.1) is 0 Å². The van der Waals surface area contributed by atoms with Crippen molar-refractivity contribution in [3.05, 3.63) is 53.6 Å². The van der Waals surface area contributed by atoms with Crippen LogP contribution in [0.1, 0.15) is 11.1 Å². The number of hydrogen-bond acceptors (Lipinski definition) is 3. The molecule has 0 radical (unpaired) electrons. The van der Waals surface area contributed by atoms with Crippen molar-refractivity contribution in [2.45, 2.75) is 12.8 Å². The highest BCUT2D eigenvalue weighted by Gasteiger charge is 2.01. The Balaban J connectivity index is 0.00000180. The Labute approximate surface area is 132 Å². The van der Waals surface area contributed by atoms with Crippen molar-refractivity contribution in [3.63, 3.8) is 0 Å². The van der Waals surface area contributed by atoms with Crippen molar-refractivity contribution in [2.24, 2.45) is 0 Å². The Hall–Kier alpha value is -1.58. The van der Waals surface area contributed by atoms with Crippen molar-refractivity contribution < 1.29 is 4.74 Å². The van der Waals surface area contributed by atoms with E-state index in [4.69, 9.17) is 16.2 Å². The van der Waals surface area contributed by atoms with E-state index in [-0.39, 0.29) is 24.8 Å². The van der Waals surface area contributed by atoms with Gasteiger partial charge < -0.3 is 16.2 Å². The van der Waals surface area contributed by atoms with Gasteiger partial charge in [-0.25, -0.2) is 0 Å². The maximum atomic E-state index is 5.93. The highest BCUT2D eigenvalue weighted by atomic mass is 35.5. The fraction of sp³-hybridized carbons (Fsp3) is 0.200. The number of ether oxygens (including phenoxy) is 1. The molecule has 0 heterocycles. The van der Waals surface area contributed by atoms with Gasteiger partial charge >= 0.3 is 0 Å². The molecule has 110 valence electrons. The standard InChI is InChI=1S/C15H18N2O.2ClH/c1-18-14-8-3-11(4-9-14)2-5-12-6-7-13(16)10-15(12)17;;/h3-4,6-10H,2,5,16-17H2,1H3;2*1H. The molecule has 0 atom stereocenters. The minimum Gasteiger partial charge on any atom is -0.497 e. The lowest BCUT2D eigenvalue weighted by Gasteiger charge is -2.07. The normalized spacial score (nSPS) is 9.25. The molecule has 0 aliphatic heterocycles. The Morgan fingerprint density at radius 3 is 2.10 bits per heavy atom. The molecule has 2 aromatic carbocycles. The molecule has 0 aromatic heterocycles. The number of anilines is 2. The second-order valence-corrected chi connectivity index (χ2v) is 4.31. The van der Waals surface area contributed by atoms with E-state index in [2.05, 4.69) is 12.1 Å². The number of rotatable bonds is 4. The van der Waals surface area contributed by atoms with E-state index in [0.29, 0.717) is 5.69 Å². The van der Waals surface area contributed by atoms with Gasteiger partial charge in [-0.2, -0.15) is 0 Å². The van der Waals surface area contributed by atoms with E-state index in [9.17, 15) is 0 Å². The van der Waals surface area contributed by atoms with Crippen LogP contribution in [0.15, 0.2) is 42.5 Å². The summed E-state index contributed by atoms with van der Waals surface area (Å²) in [7, 11) is 1.67. The highest BCUT2D eigenvalue weighted by Crippen LogP contribution is 2.19. The first-order valence-electron chi connectivity index (χ1n) is 5.96. The van der Waals surface area contributed by atoms with Gasteiger partial charge in [0.1, 0.15) is 5.75 Å². The number of hydrogen-bond donors (Lipinski definition) is 2. The van der Waals surface area contributed by atoms with Crippen molar-refractivity contribution in [1.82, 2.24) is 0 Å². The van der Waals surface area contributed by atoms with Crippen LogP contribution in [0.4, 0.5) is 11.4 Å². The van der Waals surface area contributed by atoms with Crippen LogP contribution in [-0.2, 0) is 12.8 Å². The number of benzene rings is 2. The van der Waals surface area contributed by atoms with Crippen LogP contribution in [0.25, 0.3) is 0 Å². The van der Waals surface area contributed by atoms with Gasteiger partial charge in [0.2, 0.25) is 0 Å². The fourth-order valence-electron chi connectivity index (χ4n) is 1.91. The second-order valence-electron chi connectivity index (χ2n) is 4.31. The maximum absolute atomic E-state index is 5.93. The van der Waals surface area contributed by atoms with Gasteiger partial charge in [0, 0.05) is 11.4 Å². The first-order valence-corrected chi connectivity index (χ1v) is 5.96. The lowest BCUT2D eigenvalue weighted by Crippen LogP contribution is -1.98. The summed E-state index contributed by atoms with van der Waals surface area (Å²) in [5.74, 6) is 0.880. The molecule has 0 bridgehead atoms. The van der Waals surface area contributed by atoms with E-state index >= 15 is 0 Å². The lowest BCUT2D eigenvalue weighted by molar-refractivity contribution is 0.414. The third-order valence-electron chi connectivity index (χ3n) is 3.01. The van der Waals surface area contributed by atoms with Crippen LogP contribution in [0.5, 0.6) is 5.75 Å². The topological polar surface area (TPSA) is 61.3 Å². The summed E-state index contributed by atoms with van der Waals surface area (Å²) in [4.78, 5) is 0. The zero-order valence-corrected chi connectivity index (χ0v) is 13.0. The monoisotopic (exact) mass is 314 g/mol. The molecule has 20 heavy (non-hydrogen) atoms. The molecule has 3 nitrogen and oxygen atoms in total. The zero-order valence-electron chi connectivity index (χ0n) is 11.3. The van der Waals surface area contributed by atoms with E-state index in [0.717, 1.165) is 29.8 Å². The Morgan fingerprint density at radius 2 is 1.55 bits per heavy atom. The summed E-state index contributed by atoms with van der Waals surface area (Å²) in [6.07, 6.45) is 1.87. The molecule has 4 N–H and O–H groups in total. The van der Waals surface area contributed by atoms with Crippen LogP contribution >= 0.6 is 24.8 Å². The van der Waals surface area contributed by atoms with E-state index in [1.54, 1.807) is 7.11 Å². The number of nitrogen functional groups attached to an aromatic ring is 2. The van der Waals surface area contributed by atoms with Crippen LogP contribution in [-0.4, -0.2) is 7.11 Å². The zero-order chi connectivity index (χ0) is 13.0. The fourth-order valence-corrected chi connectivity index (χ4v) is 1.91. The minimum absolute atomic E-state index is 0. The third-order valence-corrected chi connectivity index (χ3v) is 3.01. The van der Waals surface area contributed by atoms with Crippen molar-refractivity contribution in [1.29, 1.82) is 0 Å². The second kappa shape index (κ2) is 8.56. The lowest BCUT2D eigenvalue weighted by atomic mass is 10.0. The summed E-state index contributed by atoms with van der Waals surface area (Å²) in [5, 5.41) is 0. The minimum atomic E-state index is 0. The van der Waals surface area contributed by atoms with Crippen molar-refractivity contribution >= 4 is 36.2 Å². The van der Waals surface area contributed by atoms with Gasteiger partial charge in [0.15, 0.2) is 0 Å². The van der Waals surface area contributed by atoms with E-state index < -0.39 is 0 Å². The molecule has 2 aromatic rings. The molecule has 5 heteroatoms. The average molecular weight is 315 g/mol. The van der Waals surface area contributed by atoms with Gasteiger partial charge in [-0.15, -0.1) is 24.8 Å². The maximum Gasteiger partial charge on any atom is 0.118 e. The molecule has 2 rings (SSSR count). The molecule has 0 saturated heterocycles. The number of halogens is 2. The molecule has 0 spiro atoms. The summed E-state index contributed by atoms with van der Waals surface area (Å²) in [5.41, 5.74) is 15.5. The SMILES string of the molecule is COc1ccc(CCc2ccc(N)cc2N)cc1.Cl.Cl. The van der Waals surface area contributed by atoms with Gasteiger partial charge in [-0.05, 0) is 48.2 Å². The van der Waals surface area contributed by atoms with Crippen LogP contribution < -0.4 is 16.2 Å². The Kier molecular flexibility index (Phi) is 7.89. The summed E-state index contributed by atoms with van der Waals surface area (Å²) >= 11 is 0. The molecular weight excluding hydrogens is 295 g/mol. The molecule has 0 aliphatic carbocycles. The summed E-state index contributed by atoms with van der Waals surface area (Å²) in [6, 6.07) is 13.8. The first kappa shape index (κ1) is 18.4. The van der Waals surface area contributed by atoms with Gasteiger partial charge in [-0.3, -0.25) is 0 Å². The molecular formula is C15H20Cl2N2O. The van der Waals surface area contributed by atoms with Crippen LogP contribution in [0.2, 0.25) is 0 Å². The predicted molar refractivity (Wildman–Crippen MR) is 90.2 cm³/mol. The molecule has 0 unspecified atom stereocenters. The highest BCUT2D eigenvalue weighted by molar-refractivity contribution is 5.85. The molecule has 0 amide bonds. The average Bonchev–Trinajstić information content (AvgIpc) is 2.38. The Bertz CT molecular complexity index is 530. The van der Waals surface area contributed by atoms with Gasteiger partial charge in [-0.1, -0.05) is 18.2 Å². The predicted octanol–water partition coefficient (Wildman–Crippen LogP) is 3.49. The largest absolute Gasteiger partial charge is 0.497 e. The summed E-state index contributed by atoms with van der Waals surface area (Å²) in [6.45, 7) is 0. The quantitative estimate of drug-likeness (QED) is 0.849. The number of methoxy groups -OCH3 is 1. The number of aryl methyl sites for hydroxylation is 2. The van der Waals surface area contributed by atoms with Crippen LogP contribution in [0.3, 0.4) is 0 Å². The Morgan fingerprint density at radius 1 is 0.900 bits per heavy atom. The third kappa shape index (κ3) is 4.83. The molecule has 0 fully saturated rings. The van der Waals surface area contributed by atoms with E-state index in [1.807, 2.05) is 30.3 Å². The van der Waals surface area contributed by atoms with Gasteiger partial charge in [0.25, 0.3) is 0 Å². The van der Waals surface area contributed by atoms with E-state index in [1.165, 1.54) is 5.56 Å². The smallest absolute Gasteiger partial charge is 0.118 e. The number of nitrogens with two attached hydrogens (primary N) is 2. The first-order chi connectivity index (χ1) is 8.69. The van der Waals surface area contributed by atoms with Gasteiger partial charge in [0.05, 0.1) is 7.11 Å². The molecule has 0 saturated carbocycles. The van der Waals surface area contributed by atoms with Crippen molar-refractivity contribution in [2.75, 3.05) is 18.6 Å². The molecule has 0 aliphatic rings. The van der Waals surface area contributed by atoms with Crippen molar-refractivity contribution in [3.8, 4) is 5.75 Å².